The molecule has 36 heavy (non-hydrogen) atoms. The number of carbonyl (C=O) groups excluding carboxylic acids is 2. The third kappa shape index (κ3) is 3.10. The number of hydrogen-bond acceptors (Lipinski definition) is 7. The van der Waals surface area contributed by atoms with E-state index in [1.54, 1.807) is 37.3 Å². The van der Waals surface area contributed by atoms with Crippen LogP contribution >= 0.6 is 11.6 Å². The molecule has 3 saturated heterocycles. The van der Waals surface area contributed by atoms with E-state index in [1.165, 1.54) is 6.20 Å². The predicted octanol–water partition coefficient (Wildman–Crippen LogP) is 3.63. The van der Waals surface area contributed by atoms with Gasteiger partial charge in [0.05, 0.1) is 46.4 Å². The molecule has 2 aromatic carbocycles. The molecule has 0 radical (unpaired) electrons. The number of amides is 2. The summed E-state index contributed by atoms with van der Waals surface area (Å²) in [5.41, 5.74) is -1.76. The molecule has 0 spiro atoms. The van der Waals surface area contributed by atoms with Crippen LogP contribution in [-0.4, -0.2) is 45.8 Å². The number of nitriles is 1. The second-order valence-electron chi connectivity index (χ2n) is 9.74. The van der Waals surface area contributed by atoms with Crippen molar-refractivity contribution >= 4 is 39.9 Å². The number of ether oxygens (including phenoxy) is 2. The number of halogens is 1. The van der Waals surface area contributed by atoms with Crippen LogP contribution in [0.2, 0.25) is 5.02 Å². The number of fused-ring (bicyclic) bond motifs is 6. The van der Waals surface area contributed by atoms with Gasteiger partial charge in [-0.05, 0) is 24.4 Å². The van der Waals surface area contributed by atoms with E-state index in [-0.39, 0.29) is 30.7 Å². The first-order valence-corrected chi connectivity index (χ1v) is 12.1. The van der Waals surface area contributed by atoms with E-state index >= 15 is 0 Å². The Balaban J connectivity index is 1.35. The molecule has 3 aromatic rings. The van der Waals surface area contributed by atoms with Crippen molar-refractivity contribution in [2.75, 3.05) is 11.5 Å². The number of hydrogen-bond donors (Lipinski definition) is 1. The summed E-state index contributed by atoms with van der Waals surface area (Å²) in [6.45, 7) is 1.85. The third-order valence-electron chi connectivity index (χ3n) is 7.85. The van der Waals surface area contributed by atoms with Gasteiger partial charge in [-0.15, -0.1) is 0 Å². The lowest BCUT2D eigenvalue weighted by Gasteiger charge is -2.33. The fourth-order valence-electron chi connectivity index (χ4n) is 6.20. The van der Waals surface area contributed by atoms with Crippen molar-refractivity contribution in [3.63, 3.8) is 0 Å². The van der Waals surface area contributed by atoms with Crippen molar-refractivity contribution in [3.05, 3.63) is 65.3 Å². The molecule has 8 nitrogen and oxygen atoms in total. The fraction of sp³-hybridized carbons (Fsp3) is 0.333. The summed E-state index contributed by atoms with van der Waals surface area (Å²) in [5, 5.41) is 22.9. The molecule has 2 amide bonds. The number of anilines is 1. The van der Waals surface area contributed by atoms with Gasteiger partial charge < -0.3 is 14.6 Å². The number of rotatable bonds is 5. The molecule has 2 bridgehead atoms. The Morgan fingerprint density at radius 3 is 2.72 bits per heavy atom. The Hall–Kier alpha value is -3.51. The van der Waals surface area contributed by atoms with Gasteiger partial charge in [0, 0.05) is 30.5 Å². The minimum absolute atomic E-state index is 0.168. The van der Waals surface area contributed by atoms with E-state index in [2.05, 4.69) is 11.1 Å². The minimum atomic E-state index is -1.21. The van der Waals surface area contributed by atoms with Crippen LogP contribution in [0.5, 0.6) is 5.88 Å². The normalized spacial score (nSPS) is 30.6. The topological polar surface area (TPSA) is 113 Å². The van der Waals surface area contributed by atoms with Gasteiger partial charge in [-0.3, -0.25) is 9.59 Å². The average Bonchev–Trinajstić information content (AvgIpc) is 3.40. The predicted molar refractivity (Wildman–Crippen MR) is 130 cm³/mol. The summed E-state index contributed by atoms with van der Waals surface area (Å²) in [6.07, 6.45) is 1.04. The zero-order chi connectivity index (χ0) is 25.2. The number of carbonyl (C=O) groups is 2. The van der Waals surface area contributed by atoms with Crippen LogP contribution in [0.25, 0.3) is 10.8 Å². The highest BCUT2D eigenvalue weighted by atomic mass is 35.5. The van der Waals surface area contributed by atoms with Crippen LogP contribution in [-0.2, 0) is 14.3 Å². The van der Waals surface area contributed by atoms with Crippen LogP contribution in [0.1, 0.15) is 25.3 Å². The molecule has 0 saturated carbocycles. The molecule has 1 N–H and O–H groups in total. The summed E-state index contributed by atoms with van der Waals surface area (Å²) in [5.74, 6) is -2.16. The van der Waals surface area contributed by atoms with E-state index in [0.717, 1.165) is 10.3 Å². The molecule has 1 aromatic heterocycles. The third-order valence-corrected chi connectivity index (χ3v) is 8.07. The maximum atomic E-state index is 13.9. The van der Waals surface area contributed by atoms with Crippen molar-refractivity contribution in [3.8, 4) is 11.9 Å². The molecule has 4 heterocycles. The number of nitrogens with zero attached hydrogens (tertiary/aromatic N) is 3. The lowest BCUT2D eigenvalue weighted by atomic mass is 9.66. The van der Waals surface area contributed by atoms with Gasteiger partial charge in [0.2, 0.25) is 17.7 Å². The first-order chi connectivity index (χ1) is 17.3. The quantitative estimate of drug-likeness (QED) is 0.529. The fourth-order valence-corrected chi connectivity index (χ4v) is 6.31. The van der Waals surface area contributed by atoms with Gasteiger partial charge in [-0.25, -0.2) is 9.88 Å². The van der Waals surface area contributed by atoms with E-state index in [9.17, 15) is 20.0 Å². The van der Waals surface area contributed by atoms with Crippen LogP contribution in [0.3, 0.4) is 0 Å². The molecular weight excluding hydrogens is 482 g/mol. The first-order valence-electron chi connectivity index (χ1n) is 11.7. The molecule has 3 aliphatic rings. The zero-order valence-corrected chi connectivity index (χ0v) is 20.1. The van der Waals surface area contributed by atoms with Gasteiger partial charge in [-0.2, -0.15) is 5.26 Å². The molecular formula is C27H22ClN3O5. The van der Waals surface area contributed by atoms with E-state index in [4.69, 9.17) is 21.1 Å². The van der Waals surface area contributed by atoms with E-state index in [1.807, 2.05) is 18.2 Å². The van der Waals surface area contributed by atoms with Gasteiger partial charge >= 0.3 is 0 Å². The molecule has 5 atom stereocenters. The zero-order valence-electron chi connectivity index (χ0n) is 19.3. The van der Waals surface area contributed by atoms with Crippen molar-refractivity contribution in [2.24, 2.45) is 11.8 Å². The van der Waals surface area contributed by atoms with Gasteiger partial charge in [0.25, 0.3) is 0 Å². The molecule has 5 unspecified atom stereocenters. The summed E-state index contributed by atoms with van der Waals surface area (Å²) >= 11 is 5.88. The van der Waals surface area contributed by atoms with Gasteiger partial charge in [0.1, 0.15) is 11.7 Å². The van der Waals surface area contributed by atoms with Crippen LogP contribution in [0.15, 0.2) is 54.7 Å². The summed E-state index contributed by atoms with van der Waals surface area (Å²) in [6, 6.07) is 16.3. The number of aliphatic hydroxyl groups is 1. The molecule has 182 valence electrons. The molecule has 3 fully saturated rings. The highest BCUT2D eigenvalue weighted by molar-refractivity contribution is 6.30. The van der Waals surface area contributed by atoms with Gasteiger partial charge in [-0.1, -0.05) is 41.9 Å². The van der Waals surface area contributed by atoms with Gasteiger partial charge in [0.15, 0.2) is 0 Å². The maximum Gasteiger partial charge on any atom is 0.240 e. The lowest BCUT2D eigenvalue weighted by molar-refractivity contribution is -0.134. The smallest absolute Gasteiger partial charge is 0.240 e. The second-order valence-corrected chi connectivity index (χ2v) is 10.2. The van der Waals surface area contributed by atoms with E-state index in [0.29, 0.717) is 16.3 Å². The summed E-state index contributed by atoms with van der Waals surface area (Å²) in [7, 11) is 0. The van der Waals surface area contributed by atoms with Crippen molar-refractivity contribution in [2.45, 2.75) is 37.1 Å². The molecule has 0 aliphatic carbocycles. The Morgan fingerprint density at radius 2 is 1.97 bits per heavy atom. The number of benzene rings is 2. The summed E-state index contributed by atoms with van der Waals surface area (Å²) in [4.78, 5) is 32.9. The van der Waals surface area contributed by atoms with Crippen molar-refractivity contribution in [1.82, 2.24) is 4.98 Å². The number of pyridine rings is 1. The standard InChI is InChI=1S/C27H22ClN3O5/c1-26-20(32)12-27(36-26,10-11-35-21-9-7-16(28)14-30-21)23-22(26)24(33)31(25(23)34)19-8-6-15-4-2-3-5-17(15)18(19)13-29/h2-9,14,20,22-23,32H,10-12H2,1H3. The Bertz CT molecular complexity index is 1450. The Kier molecular flexibility index (Phi) is 5.09. The molecule has 9 heteroatoms. The number of aliphatic hydroxyl groups excluding tert-OH is 1. The highest BCUT2D eigenvalue weighted by Gasteiger charge is 2.77. The monoisotopic (exact) mass is 503 g/mol. The van der Waals surface area contributed by atoms with E-state index < -0.39 is 41.0 Å². The number of imide groups is 1. The number of aromatic nitrogens is 1. The second kappa shape index (κ2) is 8.00. The largest absolute Gasteiger partial charge is 0.478 e. The average molecular weight is 504 g/mol. The van der Waals surface area contributed by atoms with Crippen LogP contribution in [0.4, 0.5) is 5.69 Å². The Labute approximate surface area is 212 Å². The highest BCUT2D eigenvalue weighted by Crippen LogP contribution is 2.62. The first kappa shape index (κ1) is 22.9. The van der Waals surface area contributed by atoms with Crippen molar-refractivity contribution < 1.29 is 24.2 Å². The summed E-state index contributed by atoms with van der Waals surface area (Å²) < 4.78 is 12.1. The maximum absolute atomic E-state index is 13.9. The Morgan fingerprint density at radius 1 is 1.19 bits per heavy atom. The SMILES string of the molecule is CC12OC(CCOc3ccc(Cl)cn3)(CC1O)C1C(=O)N(c3ccc4ccccc4c3C#N)C(=O)C12. The lowest BCUT2D eigenvalue weighted by Crippen LogP contribution is -2.49. The van der Waals surface area contributed by atoms with Crippen molar-refractivity contribution in [1.29, 1.82) is 5.26 Å². The minimum Gasteiger partial charge on any atom is -0.478 e. The molecule has 3 aliphatic heterocycles. The van der Waals surface area contributed by atoms with Crippen LogP contribution in [0, 0.1) is 23.2 Å². The van der Waals surface area contributed by atoms with Crippen LogP contribution < -0.4 is 9.64 Å². The molecule has 6 rings (SSSR count).